The second-order valence-corrected chi connectivity index (χ2v) is 8.39. The molecule has 0 amide bonds. The highest BCUT2D eigenvalue weighted by molar-refractivity contribution is 6.31. The third-order valence-electron chi connectivity index (χ3n) is 5.83. The number of aromatic nitrogens is 3. The van der Waals surface area contributed by atoms with Crippen LogP contribution in [-0.2, 0) is 4.74 Å². The number of anilines is 1. The van der Waals surface area contributed by atoms with Gasteiger partial charge in [-0.05, 0) is 43.7 Å². The van der Waals surface area contributed by atoms with Crippen molar-refractivity contribution in [3.63, 3.8) is 0 Å². The number of aliphatic imine (C=N–C) groups is 1. The summed E-state index contributed by atoms with van der Waals surface area (Å²) in [6.45, 7) is 3.63. The number of ether oxygens (including phenoxy) is 1. The summed E-state index contributed by atoms with van der Waals surface area (Å²) in [7, 11) is 0. The summed E-state index contributed by atoms with van der Waals surface area (Å²) < 4.78 is 18.8. The quantitative estimate of drug-likeness (QED) is 0.263. The molecule has 2 aliphatic rings. The Morgan fingerprint density at radius 3 is 2.97 bits per heavy atom. The summed E-state index contributed by atoms with van der Waals surface area (Å²) in [5.41, 5.74) is 4.17. The minimum atomic E-state index is -0.536. The number of likely N-dealkylation sites (tertiary alicyclic amines) is 1. The number of amidine groups is 1. The Kier molecular flexibility index (Phi) is 5.92. The van der Waals surface area contributed by atoms with Gasteiger partial charge in [0.05, 0.1) is 35.5 Å². The molecule has 3 aromatic rings. The van der Waals surface area contributed by atoms with Crippen LogP contribution in [0, 0.1) is 5.82 Å². The van der Waals surface area contributed by atoms with Gasteiger partial charge in [-0.2, -0.15) is 4.98 Å². The van der Waals surface area contributed by atoms with Gasteiger partial charge in [0.15, 0.2) is 11.5 Å². The van der Waals surface area contributed by atoms with Crippen molar-refractivity contribution in [2.75, 3.05) is 31.6 Å². The maximum atomic E-state index is 13.5. The summed E-state index contributed by atoms with van der Waals surface area (Å²) in [4.78, 5) is 19.0. The minimum Gasteiger partial charge on any atom is -0.378 e. The van der Waals surface area contributed by atoms with Crippen molar-refractivity contribution in [3.8, 4) is 0 Å². The molecule has 1 aromatic carbocycles. The third kappa shape index (κ3) is 4.26. The Balaban J connectivity index is 1.39. The van der Waals surface area contributed by atoms with E-state index < -0.39 is 5.82 Å². The van der Waals surface area contributed by atoms with Gasteiger partial charge in [-0.25, -0.2) is 14.4 Å². The van der Waals surface area contributed by atoms with Crippen molar-refractivity contribution in [1.82, 2.24) is 25.3 Å². The zero-order valence-corrected chi connectivity index (χ0v) is 17.9. The van der Waals surface area contributed by atoms with Crippen molar-refractivity contribution in [2.24, 2.45) is 4.99 Å². The lowest BCUT2D eigenvalue weighted by atomic mass is 10.0. The Hall–Kier alpha value is -2.79. The topological polar surface area (TPSA) is 111 Å². The van der Waals surface area contributed by atoms with Crippen molar-refractivity contribution >= 4 is 40.2 Å². The molecule has 9 nitrogen and oxygen atoms in total. The molecule has 1 atom stereocenters. The van der Waals surface area contributed by atoms with E-state index in [1.807, 2.05) is 0 Å². The van der Waals surface area contributed by atoms with Gasteiger partial charge < -0.3 is 15.0 Å². The number of rotatable bonds is 5. The largest absolute Gasteiger partial charge is 0.378 e. The van der Waals surface area contributed by atoms with E-state index >= 15 is 0 Å². The average molecular weight is 460 g/mol. The van der Waals surface area contributed by atoms with Gasteiger partial charge >= 0.3 is 0 Å². The molecule has 32 heavy (non-hydrogen) atoms. The summed E-state index contributed by atoms with van der Waals surface area (Å²) in [6, 6.07) is 6.56. The second kappa shape index (κ2) is 8.99. The SMILES string of the molecule is ONC(=Nc1ccc(F)c(Cl)c1)c1ccnc2nc(N[C@@H]3CCCN(C4COC4)C3)[nH]c12. The van der Waals surface area contributed by atoms with Crippen LogP contribution in [0.2, 0.25) is 5.02 Å². The molecular formula is C21H23ClFN7O2. The van der Waals surface area contributed by atoms with Gasteiger partial charge in [0.1, 0.15) is 5.82 Å². The predicted octanol–water partition coefficient (Wildman–Crippen LogP) is 3.08. The van der Waals surface area contributed by atoms with E-state index in [1.165, 1.54) is 18.2 Å². The maximum Gasteiger partial charge on any atom is 0.202 e. The molecule has 0 radical (unpaired) electrons. The number of nitrogens with zero attached hydrogens (tertiary/aromatic N) is 4. The number of hydrogen-bond donors (Lipinski definition) is 4. The zero-order valence-electron chi connectivity index (χ0n) is 17.2. The van der Waals surface area contributed by atoms with E-state index in [4.69, 9.17) is 16.3 Å². The average Bonchev–Trinajstić information content (AvgIpc) is 3.16. The summed E-state index contributed by atoms with van der Waals surface area (Å²) >= 11 is 5.85. The lowest BCUT2D eigenvalue weighted by Gasteiger charge is -2.42. The maximum absolute atomic E-state index is 13.5. The second-order valence-electron chi connectivity index (χ2n) is 7.98. The van der Waals surface area contributed by atoms with Gasteiger partial charge in [-0.1, -0.05) is 11.6 Å². The zero-order chi connectivity index (χ0) is 22.1. The van der Waals surface area contributed by atoms with Gasteiger partial charge in [-0.3, -0.25) is 15.6 Å². The molecule has 5 rings (SSSR count). The number of nitrogens with one attached hydrogen (secondary N) is 3. The predicted molar refractivity (Wildman–Crippen MR) is 119 cm³/mol. The summed E-state index contributed by atoms with van der Waals surface area (Å²) in [5.74, 6) is 0.230. The number of fused-ring (bicyclic) bond motifs is 1. The minimum absolute atomic E-state index is 0.0496. The van der Waals surface area contributed by atoms with Crippen LogP contribution in [-0.4, -0.2) is 69.3 Å². The number of imidazole rings is 1. The summed E-state index contributed by atoms with van der Waals surface area (Å²) in [6.07, 6.45) is 3.76. The van der Waals surface area contributed by atoms with E-state index in [0.717, 1.165) is 39.1 Å². The number of benzene rings is 1. The molecule has 168 valence electrons. The van der Waals surface area contributed by atoms with Crippen LogP contribution < -0.4 is 10.8 Å². The van der Waals surface area contributed by atoms with Crippen molar-refractivity contribution in [3.05, 3.63) is 46.9 Å². The fraction of sp³-hybridized carbons (Fsp3) is 0.381. The Bertz CT molecular complexity index is 1150. The number of pyridine rings is 1. The van der Waals surface area contributed by atoms with Crippen molar-refractivity contribution in [2.45, 2.75) is 24.9 Å². The van der Waals surface area contributed by atoms with Gasteiger partial charge in [0.25, 0.3) is 0 Å². The molecule has 2 aliphatic heterocycles. The molecule has 4 N–H and O–H groups in total. The van der Waals surface area contributed by atoms with Gasteiger partial charge in [0.2, 0.25) is 5.95 Å². The number of aromatic amines is 1. The highest BCUT2D eigenvalue weighted by atomic mass is 35.5. The number of piperidine rings is 1. The highest BCUT2D eigenvalue weighted by Crippen LogP contribution is 2.25. The lowest BCUT2D eigenvalue weighted by Crippen LogP contribution is -2.54. The molecule has 0 aliphatic carbocycles. The fourth-order valence-electron chi connectivity index (χ4n) is 4.09. The number of hydrogen-bond acceptors (Lipinski definition) is 7. The Labute approximate surface area is 188 Å². The van der Waals surface area contributed by atoms with E-state index in [2.05, 4.69) is 35.6 Å². The monoisotopic (exact) mass is 459 g/mol. The van der Waals surface area contributed by atoms with Gasteiger partial charge in [-0.15, -0.1) is 0 Å². The van der Waals surface area contributed by atoms with Crippen LogP contribution in [0.5, 0.6) is 0 Å². The smallest absolute Gasteiger partial charge is 0.202 e. The van der Waals surface area contributed by atoms with Crippen LogP contribution in [0.4, 0.5) is 16.0 Å². The Morgan fingerprint density at radius 1 is 1.34 bits per heavy atom. The molecular weight excluding hydrogens is 437 g/mol. The first-order chi connectivity index (χ1) is 15.6. The molecule has 11 heteroatoms. The molecule has 2 saturated heterocycles. The van der Waals surface area contributed by atoms with Crippen LogP contribution >= 0.6 is 11.6 Å². The van der Waals surface area contributed by atoms with E-state index in [9.17, 15) is 9.60 Å². The molecule has 0 unspecified atom stereocenters. The van der Waals surface area contributed by atoms with Crippen LogP contribution in [0.15, 0.2) is 35.5 Å². The molecule has 2 fully saturated rings. The van der Waals surface area contributed by atoms with Gasteiger partial charge in [0, 0.05) is 24.3 Å². The standard InChI is InChI=1S/C21H23ClFN7O2/c22-16-8-12(3-4-17(16)23)25-19(29-31)15-5-6-24-20-18(15)27-21(28-20)26-13-2-1-7-30(9-13)14-10-32-11-14/h3-6,8,13-14,31H,1-2,7,9-11H2,(H,25,29)(H2,24,26,27,28)/t13-/m1/s1. The molecule has 4 heterocycles. The lowest BCUT2D eigenvalue weighted by molar-refractivity contribution is -0.0710. The third-order valence-corrected chi connectivity index (χ3v) is 6.12. The van der Waals surface area contributed by atoms with Crippen LogP contribution in [0.25, 0.3) is 11.2 Å². The molecule has 0 bridgehead atoms. The van der Waals surface area contributed by atoms with Crippen molar-refractivity contribution in [1.29, 1.82) is 0 Å². The van der Waals surface area contributed by atoms with E-state index in [1.54, 1.807) is 12.3 Å². The van der Waals surface area contributed by atoms with E-state index in [-0.39, 0.29) is 16.9 Å². The van der Waals surface area contributed by atoms with Crippen LogP contribution in [0.3, 0.4) is 0 Å². The Morgan fingerprint density at radius 2 is 2.22 bits per heavy atom. The number of hydroxylamine groups is 1. The van der Waals surface area contributed by atoms with Crippen LogP contribution in [0.1, 0.15) is 18.4 Å². The molecule has 0 saturated carbocycles. The number of H-pyrrole nitrogens is 1. The summed E-state index contributed by atoms with van der Waals surface area (Å²) in [5, 5.41) is 13.2. The molecule has 0 spiro atoms. The van der Waals surface area contributed by atoms with Crippen molar-refractivity contribution < 1.29 is 14.3 Å². The fourth-order valence-corrected chi connectivity index (χ4v) is 4.26. The van der Waals surface area contributed by atoms with E-state index in [0.29, 0.717) is 34.4 Å². The number of halogens is 2. The normalized spacial score (nSPS) is 20.3. The highest BCUT2D eigenvalue weighted by Gasteiger charge is 2.30. The first-order valence-electron chi connectivity index (χ1n) is 10.5. The first kappa shape index (κ1) is 21.1. The molecule has 2 aromatic heterocycles. The first-order valence-corrected chi connectivity index (χ1v) is 10.9.